The van der Waals surface area contributed by atoms with Gasteiger partial charge in [-0.25, -0.2) is 4.68 Å². The molecule has 2 aliphatic carbocycles. The van der Waals surface area contributed by atoms with Crippen molar-refractivity contribution in [1.82, 2.24) is 9.78 Å². The molecule has 1 saturated carbocycles. The highest BCUT2D eigenvalue weighted by atomic mass is 35.5. The third-order valence-corrected chi connectivity index (χ3v) is 3.77. The lowest BCUT2D eigenvalue weighted by molar-refractivity contribution is 0.534. The molecule has 5 heteroatoms. The van der Waals surface area contributed by atoms with Crippen molar-refractivity contribution in [3.05, 3.63) is 33.7 Å². The van der Waals surface area contributed by atoms with Gasteiger partial charge in [0.1, 0.15) is 5.69 Å². The minimum atomic E-state index is -0.0960. The molecule has 4 nitrogen and oxygen atoms in total. The van der Waals surface area contributed by atoms with E-state index in [9.17, 15) is 4.79 Å². The Kier molecular flexibility index (Phi) is 3.12. The van der Waals surface area contributed by atoms with Gasteiger partial charge in [0, 0.05) is 12.6 Å². The van der Waals surface area contributed by atoms with Crippen molar-refractivity contribution in [2.45, 2.75) is 38.3 Å². The van der Waals surface area contributed by atoms with Gasteiger partial charge in [-0.2, -0.15) is 5.10 Å². The van der Waals surface area contributed by atoms with Gasteiger partial charge in [0.15, 0.2) is 0 Å². The second-order valence-electron chi connectivity index (χ2n) is 5.08. The molecule has 0 aromatic carbocycles. The first-order valence-electron chi connectivity index (χ1n) is 6.41. The first-order chi connectivity index (χ1) is 8.74. The molecule has 0 unspecified atom stereocenters. The van der Waals surface area contributed by atoms with Crippen LogP contribution in [-0.4, -0.2) is 15.8 Å². The molecule has 0 spiro atoms. The van der Waals surface area contributed by atoms with Gasteiger partial charge in [0.2, 0.25) is 0 Å². The quantitative estimate of drug-likeness (QED) is 0.851. The van der Waals surface area contributed by atoms with Gasteiger partial charge in [-0.3, -0.25) is 4.79 Å². The summed E-state index contributed by atoms with van der Waals surface area (Å²) >= 11 is 6.07. The molecule has 0 amide bonds. The molecule has 96 valence electrons. The van der Waals surface area contributed by atoms with Crippen molar-refractivity contribution in [2.24, 2.45) is 5.92 Å². The van der Waals surface area contributed by atoms with Crippen LogP contribution < -0.4 is 10.9 Å². The summed E-state index contributed by atoms with van der Waals surface area (Å²) in [6.07, 6.45) is 10.1. The molecule has 1 aromatic rings. The number of halogens is 1. The lowest BCUT2D eigenvalue weighted by atomic mass is 10.2. The molecule has 0 aliphatic heterocycles. The van der Waals surface area contributed by atoms with Crippen LogP contribution in [0.2, 0.25) is 5.02 Å². The van der Waals surface area contributed by atoms with E-state index in [-0.39, 0.29) is 11.6 Å². The van der Waals surface area contributed by atoms with Gasteiger partial charge in [-0.05, 0) is 31.6 Å². The monoisotopic (exact) mass is 265 g/mol. The van der Waals surface area contributed by atoms with Crippen LogP contribution >= 0.6 is 11.6 Å². The second-order valence-corrected chi connectivity index (χ2v) is 5.49. The van der Waals surface area contributed by atoms with Crippen LogP contribution in [0.3, 0.4) is 0 Å². The maximum absolute atomic E-state index is 12.3. The van der Waals surface area contributed by atoms with Crippen LogP contribution in [0.15, 0.2) is 23.1 Å². The maximum Gasteiger partial charge on any atom is 0.291 e. The fraction of sp³-hybridized carbons (Fsp3) is 0.538. The molecule has 0 radical (unpaired) electrons. The molecule has 2 aliphatic rings. The molecule has 0 atom stereocenters. The minimum absolute atomic E-state index is 0.0960. The molecule has 0 saturated heterocycles. The highest BCUT2D eigenvalue weighted by Gasteiger charge is 2.24. The van der Waals surface area contributed by atoms with E-state index in [0.717, 1.165) is 12.8 Å². The Hall–Kier alpha value is -1.29. The number of aromatic nitrogens is 2. The maximum atomic E-state index is 12.3. The van der Waals surface area contributed by atoms with Crippen LogP contribution in [-0.2, 0) is 6.54 Å². The molecule has 1 heterocycles. The normalized spacial score (nSPS) is 19.4. The van der Waals surface area contributed by atoms with E-state index in [1.165, 1.54) is 17.5 Å². The highest BCUT2D eigenvalue weighted by molar-refractivity contribution is 6.33. The fourth-order valence-electron chi connectivity index (χ4n) is 2.21. The Labute approximate surface area is 111 Å². The summed E-state index contributed by atoms with van der Waals surface area (Å²) in [4.78, 5) is 12.3. The van der Waals surface area contributed by atoms with Crippen LogP contribution in [0.1, 0.15) is 25.7 Å². The van der Waals surface area contributed by atoms with E-state index in [1.54, 1.807) is 6.20 Å². The summed E-state index contributed by atoms with van der Waals surface area (Å²) < 4.78 is 1.54. The average molecular weight is 266 g/mol. The van der Waals surface area contributed by atoms with Crippen LogP contribution in [0.25, 0.3) is 0 Å². The van der Waals surface area contributed by atoms with Gasteiger partial charge in [0.25, 0.3) is 5.56 Å². The van der Waals surface area contributed by atoms with Crippen LogP contribution in [0.4, 0.5) is 5.69 Å². The SMILES string of the molecule is O=c1c(NC2CC=CC2)c(Cl)cnn1CC1CC1. The van der Waals surface area contributed by atoms with E-state index in [1.807, 2.05) is 0 Å². The van der Waals surface area contributed by atoms with E-state index in [0.29, 0.717) is 23.2 Å². The summed E-state index contributed by atoms with van der Waals surface area (Å²) in [6, 6.07) is 0.284. The first-order valence-corrected chi connectivity index (χ1v) is 6.79. The zero-order valence-electron chi connectivity index (χ0n) is 10.1. The molecular weight excluding hydrogens is 250 g/mol. The Balaban J connectivity index is 1.83. The Bertz CT molecular complexity index is 526. The van der Waals surface area contributed by atoms with Gasteiger partial charge < -0.3 is 5.32 Å². The first kappa shape index (κ1) is 11.8. The van der Waals surface area contributed by atoms with Gasteiger partial charge in [-0.15, -0.1) is 0 Å². The molecule has 0 bridgehead atoms. The third kappa shape index (κ3) is 2.43. The second kappa shape index (κ2) is 4.76. The summed E-state index contributed by atoms with van der Waals surface area (Å²) in [5.41, 5.74) is 0.405. The highest BCUT2D eigenvalue weighted by Crippen LogP contribution is 2.30. The number of nitrogens with zero attached hydrogens (tertiary/aromatic N) is 2. The number of anilines is 1. The van der Waals surface area contributed by atoms with Crippen molar-refractivity contribution in [2.75, 3.05) is 5.32 Å². The van der Waals surface area contributed by atoms with E-state index in [2.05, 4.69) is 22.6 Å². The Morgan fingerprint density at radius 1 is 1.39 bits per heavy atom. The average Bonchev–Trinajstić information content (AvgIpc) is 3.02. The lowest BCUT2D eigenvalue weighted by Gasteiger charge is -2.15. The smallest absolute Gasteiger partial charge is 0.291 e. The van der Waals surface area contributed by atoms with Gasteiger partial charge in [0.05, 0.1) is 11.2 Å². The number of hydrogen-bond donors (Lipinski definition) is 1. The summed E-state index contributed by atoms with van der Waals surface area (Å²) in [7, 11) is 0. The van der Waals surface area contributed by atoms with Gasteiger partial charge >= 0.3 is 0 Å². The van der Waals surface area contributed by atoms with Crippen LogP contribution in [0.5, 0.6) is 0 Å². The summed E-state index contributed by atoms with van der Waals surface area (Å²) in [6.45, 7) is 0.716. The fourth-order valence-corrected chi connectivity index (χ4v) is 2.39. The van der Waals surface area contributed by atoms with Gasteiger partial charge in [-0.1, -0.05) is 23.8 Å². The van der Waals surface area contributed by atoms with Crippen molar-refractivity contribution in [1.29, 1.82) is 0 Å². The Morgan fingerprint density at radius 3 is 2.78 bits per heavy atom. The minimum Gasteiger partial charge on any atom is -0.376 e. The lowest BCUT2D eigenvalue weighted by Crippen LogP contribution is -2.29. The van der Waals surface area contributed by atoms with Crippen LogP contribution in [0, 0.1) is 5.92 Å². The van der Waals surface area contributed by atoms with Crippen molar-refractivity contribution in [3.8, 4) is 0 Å². The number of rotatable bonds is 4. The molecular formula is C13H16ClN3O. The molecule has 3 rings (SSSR count). The number of hydrogen-bond acceptors (Lipinski definition) is 3. The predicted octanol–water partition coefficient (Wildman–Crippen LogP) is 2.44. The van der Waals surface area contributed by atoms with E-state index < -0.39 is 0 Å². The third-order valence-electron chi connectivity index (χ3n) is 3.48. The van der Waals surface area contributed by atoms with Crippen molar-refractivity contribution >= 4 is 17.3 Å². The zero-order chi connectivity index (χ0) is 12.5. The zero-order valence-corrected chi connectivity index (χ0v) is 10.9. The predicted molar refractivity (Wildman–Crippen MR) is 72.0 cm³/mol. The molecule has 18 heavy (non-hydrogen) atoms. The molecule has 1 fully saturated rings. The number of nitrogens with one attached hydrogen (secondary N) is 1. The Morgan fingerprint density at radius 2 is 2.11 bits per heavy atom. The summed E-state index contributed by atoms with van der Waals surface area (Å²) in [5, 5.41) is 7.77. The standard InChI is InChI=1S/C13H16ClN3O/c14-11-7-15-17(8-9-5-6-9)13(18)12(11)16-10-3-1-2-4-10/h1-2,7,9-10,16H,3-6,8H2. The summed E-state index contributed by atoms with van der Waals surface area (Å²) in [5.74, 6) is 0.623. The van der Waals surface area contributed by atoms with Crippen molar-refractivity contribution < 1.29 is 0 Å². The van der Waals surface area contributed by atoms with E-state index in [4.69, 9.17) is 11.6 Å². The molecule has 1 N–H and O–H groups in total. The van der Waals surface area contributed by atoms with E-state index >= 15 is 0 Å². The topological polar surface area (TPSA) is 46.9 Å². The van der Waals surface area contributed by atoms with Crippen molar-refractivity contribution in [3.63, 3.8) is 0 Å². The largest absolute Gasteiger partial charge is 0.376 e. The molecule has 1 aromatic heterocycles.